The first-order valence-corrected chi connectivity index (χ1v) is 4.75. The Morgan fingerprint density at radius 2 is 2.29 bits per heavy atom. The second-order valence-electron chi connectivity index (χ2n) is 3.38. The summed E-state index contributed by atoms with van der Waals surface area (Å²) in [4.78, 5) is 19.6. The summed E-state index contributed by atoms with van der Waals surface area (Å²) in [5.74, 6) is -0.164. The van der Waals surface area contributed by atoms with Crippen molar-refractivity contribution in [2.75, 3.05) is 0 Å². The Bertz CT molecular complexity index is 328. The van der Waals surface area contributed by atoms with Crippen molar-refractivity contribution in [3.05, 3.63) is 23.8 Å². The van der Waals surface area contributed by atoms with Crippen LogP contribution < -0.4 is 5.32 Å². The standard InChI is InChI=1S/C10H15N3O.H2/c1-4-8-5-11-6-9(13-8)10(14)12-7(2)3;/h5-7H,4H2,1-3H3,(H,12,14);1H. The first-order valence-electron chi connectivity index (χ1n) is 4.75. The third kappa shape index (κ3) is 2.80. The van der Waals surface area contributed by atoms with Crippen LogP contribution in [-0.2, 0) is 6.42 Å². The van der Waals surface area contributed by atoms with Crippen molar-refractivity contribution in [2.45, 2.75) is 33.2 Å². The number of nitrogens with one attached hydrogen (secondary N) is 1. The van der Waals surface area contributed by atoms with Crippen LogP contribution in [0, 0.1) is 0 Å². The van der Waals surface area contributed by atoms with E-state index in [1.165, 1.54) is 6.20 Å². The molecule has 4 nitrogen and oxygen atoms in total. The van der Waals surface area contributed by atoms with Gasteiger partial charge in [-0.15, -0.1) is 0 Å². The average Bonchev–Trinajstić information content (AvgIpc) is 2.17. The lowest BCUT2D eigenvalue weighted by Crippen LogP contribution is -2.31. The molecule has 0 aromatic carbocycles. The molecule has 0 aliphatic rings. The summed E-state index contributed by atoms with van der Waals surface area (Å²) < 4.78 is 0. The van der Waals surface area contributed by atoms with Crippen molar-refractivity contribution in [1.29, 1.82) is 0 Å². The van der Waals surface area contributed by atoms with E-state index in [9.17, 15) is 4.79 Å². The molecular formula is C10H17N3O. The topological polar surface area (TPSA) is 54.9 Å². The Kier molecular flexibility index (Phi) is 3.56. The molecule has 78 valence electrons. The molecular weight excluding hydrogens is 178 g/mol. The first-order chi connectivity index (χ1) is 6.63. The third-order valence-corrected chi connectivity index (χ3v) is 1.70. The lowest BCUT2D eigenvalue weighted by atomic mass is 10.3. The zero-order valence-corrected chi connectivity index (χ0v) is 8.74. The minimum Gasteiger partial charge on any atom is -0.348 e. The molecule has 0 bridgehead atoms. The summed E-state index contributed by atoms with van der Waals surface area (Å²) in [6, 6.07) is 0.120. The highest BCUT2D eigenvalue weighted by Gasteiger charge is 2.08. The Morgan fingerprint density at radius 1 is 1.57 bits per heavy atom. The number of rotatable bonds is 3. The largest absolute Gasteiger partial charge is 0.348 e. The second kappa shape index (κ2) is 4.69. The van der Waals surface area contributed by atoms with Crippen LogP contribution in [0.4, 0.5) is 0 Å². The molecule has 0 unspecified atom stereocenters. The zero-order chi connectivity index (χ0) is 10.6. The van der Waals surface area contributed by atoms with Crippen LogP contribution in [0.2, 0.25) is 0 Å². The molecule has 1 aromatic rings. The average molecular weight is 195 g/mol. The van der Waals surface area contributed by atoms with E-state index < -0.39 is 0 Å². The number of aryl methyl sites for hydroxylation is 1. The van der Waals surface area contributed by atoms with E-state index in [-0.39, 0.29) is 13.4 Å². The molecule has 1 amide bonds. The number of amides is 1. The summed E-state index contributed by atoms with van der Waals surface area (Å²) in [7, 11) is 0. The zero-order valence-electron chi connectivity index (χ0n) is 8.74. The summed E-state index contributed by atoms with van der Waals surface area (Å²) in [5.41, 5.74) is 1.22. The summed E-state index contributed by atoms with van der Waals surface area (Å²) in [5, 5.41) is 2.77. The summed E-state index contributed by atoms with van der Waals surface area (Å²) in [6.07, 6.45) is 3.94. The minimum atomic E-state index is -0.164. The number of hydrogen-bond donors (Lipinski definition) is 1. The van der Waals surface area contributed by atoms with E-state index in [2.05, 4.69) is 15.3 Å². The van der Waals surface area contributed by atoms with Gasteiger partial charge in [0.05, 0.1) is 11.9 Å². The van der Waals surface area contributed by atoms with Crippen LogP contribution in [-0.4, -0.2) is 21.9 Å². The van der Waals surface area contributed by atoms with Crippen molar-refractivity contribution in [2.24, 2.45) is 0 Å². The number of hydrogen-bond acceptors (Lipinski definition) is 3. The summed E-state index contributed by atoms with van der Waals surface area (Å²) >= 11 is 0. The quantitative estimate of drug-likeness (QED) is 0.793. The number of carbonyl (C=O) groups is 1. The molecule has 0 aliphatic heterocycles. The number of aromatic nitrogens is 2. The molecule has 4 heteroatoms. The van der Waals surface area contributed by atoms with Crippen molar-refractivity contribution in [1.82, 2.24) is 15.3 Å². The SMILES string of the molecule is CCc1cncc(C(=O)NC(C)C)n1.[HH]. The van der Waals surface area contributed by atoms with E-state index in [1.807, 2.05) is 20.8 Å². The van der Waals surface area contributed by atoms with Crippen molar-refractivity contribution in [3.8, 4) is 0 Å². The van der Waals surface area contributed by atoms with Gasteiger partial charge in [-0.3, -0.25) is 9.78 Å². The monoisotopic (exact) mass is 195 g/mol. The van der Waals surface area contributed by atoms with Gasteiger partial charge in [-0.05, 0) is 20.3 Å². The maximum atomic E-state index is 11.5. The molecule has 1 rings (SSSR count). The van der Waals surface area contributed by atoms with Crippen molar-refractivity contribution < 1.29 is 6.22 Å². The molecule has 0 fully saturated rings. The maximum absolute atomic E-state index is 11.5. The Balaban J connectivity index is 0.00000196. The van der Waals surface area contributed by atoms with Gasteiger partial charge in [0.25, 0.3) is 5.91 Å². The van der Waals surface area contributed by atoms with Crippen LogP contribution in [0.25, 0.3) is 0 Å². The van der Waals surface area contributed by atoms with Gasteiger partial charge in [0.15, 0.2) is 0 Å². The van der Waals surface area contributed by atoms with Gasteiger partial charge in [-0.1, -0.05) is 6.92 Å². The van der Waals surface area contributed by atoms with Crippen LogP contribution in [0.1, 0.15) is 38.4 Å². The predicted molar refractivity (Wildman–Crippen MR) is 56.1 cm³/mol. The Hall–Kier alpha value is -1.45. The highest BCUT2D eigenvalue weighted by Crippen LogP contribution is 1.97. The molecule has 0 aliphatic carbocycles. The van der Waals surface area contributed by atoms with E-state index in [0.29, 0.717) is 5.69 Å². The molecule has 1 N–H and O–H groups in total. The highest BCUT2D eigenvalue weighted by molar-refractivity contribution is 5.92. The highest BCUT2D eigenvalue weighted by atomic mass is 16.1. The van der Waals surface area contributed by atoms with Gasteiger partial charge in [-0.2, -0.15) is 0 Å². The maximum Gasteiger partial charge on any atom is 0.271 e. The Labute approximate surface area is 85.3 Å². The van der Waals surface area contributed by atoms with Crippen LogP contribution in [0.15, 0.2) is 12.4 Å². The van der Waals surface area contributed by atoms with Gasteiger partial charge >= 0.3 is 0 Å². The fourth-order valence-electron chi connectivity index (χ4n) is 1.02. The van der Waals surface area contributed by atoms with Gasteiger partial charge in [0, 0.05) is 13.7 Å². The van der Waals surface area contributed by atoms with Gasteiger partial charge < -0.3 is 5.32 Å². The van der Waals surface area contributed by atoms with Gasteiger partial charge in [-0.25, -0.2) is 4.98 Å². The molecule has 0 atom stereocenters. The number of nitrogens with zero attached hydrogens (tertiary/aromatic N) is 2. The van der Waals surface area contributed by atoms with E-state index in [0.717, 1.165) is 12.1 Å². The normalized spacial score (nSPS) is 10.3. The molecule has 0 saturated heterocycles. The Morgan fingerprint density at radius 3 is 2.86 bits per heavy atom. The van der Waals surface area contributed by atoms with Crippen LogP contribution >= 0.6 is 0 Å². The van der Waals surface area contributed by atoms with Gasteiger partial charge in [0.2, 0.25) is 0 Å². The van der Waals surface area contributed by atoms with Crippen molar-refractivity contribution >= 4 is 5.91 Å². The molecule has 1 heterocycles. The minimum absolute atomic E-state index is 0. The molecule has 0 spiro atoms. The first kappa shape index (κ1) is 10.6. The van der Waals surface area contributed by atoms with E-state index in [4.69, 9.17) is 0 Å². The molecule has 0 saturated carbocycles. The molecule has 14 heavy (non-hydrogen) atoms. The lowest BCUT2D eigenvalue weighted by molar-refractivity contribution is 0.0937. The van der Waals surface area contributed by atoms with Gasteiger partial charge in [0.1, 0.15) is 5.69 Å². The smallest absolute Gasteiger partial charge is 0.271 e. The number of carbonyl (C=O) groups excluding carboxylic acids is 1. The predicted octanol–water partition coefficient (Wildman–Crippen LogP) is 1.42. The summed E-state index contributed by atoms with van der Waals surface area (Å²) in [6.45, 7) is 5.80. The van der Waals surface area contributed by atoms with E-state index >= 15 is 0 Å². The fraction of sp³-hybridized carbons (Fsp3) is 0.500. The van der Waals surface area contributed by atoms with E-state index in [1.54, 1.807) is 6.20 Å². The lowest BCUT2D eigenvalue weighted by Gasteiger charge is -2.07. The molecule has 0 radical (unpaired) electrons. The van der Waals surface area contributed by atoms with Crippen LogP contribution in [0.5, 0.6) is 0 Å². The fourth-order valence-corrected chi connectivity index (χ4v) is 1.02. The third-order valence-electron chi connectivity index (χ3n) is 1.70. The van der Waals surface area contributed by atoms with Crippen molar-refractivity contribution in [3.63, 3.8) is 0 Å². The molecule has 1 aromatic heterocycles. The second-order valence-corrected chi connectivity index (χ2v) is 3.38. The van der Waals surface area contributed by atoms with Crippen LogP contribution in [0.3, 0.4) is 0 Å².